The summed E-state index contributed by atoms with van der Waals surface area (Å²) < 4.78 is 0. The number of rotatable bonds is 5. The fourth-order valence-electron chi connectivity index (χ4n) is 3.93. The van der Waals surface area contributed by atoms with Crippen LogP contribution < -0.4 is 0 Å². The van der Waals surface area contributed by atoms with Crippen LogP contribution >= 0.6 is 0 Å². The number of benzene rings is 1. The van der Waals surface area contributed by atoms with E-state index < -0.39 is 11.4 Å². The summed E-state index contributed by atoms with van der Waals surface area (Å²) in [6, 6.07) is 7.30. The Hall–Kier alpha value is -2.37. The molecular weight excluding hydrogens is 332 g/mol. The van der Waals surface area contributed by atoms with Crippen LogP contribution in [0.3, 0.4) is 0 Å². The first kappa shape index (κ1) is 18.4. The molecule has 0 aliphatic carbocycles. The molecule has 0 bridgehead atoms. The lowest BCUT2D eigenvalue weighted by Crippen LogP contribution is -2.40. The first-order valence-electron chi connectivity index (χ1n) is 9.23. The molecule has 1 aromatic carbocycles. The van der Waals surface area contributed by atoms with Gasteiger partial charge in [0.15, 0.2) is 0 Å². The largest absolute Gasteiger partial charge is 0.481 e. The lowest BCUT2D eigenvalue weighted by Gasteiger charge is -2.28. The summed E-state index contributed by atoms with van der Waals surface area (Å²) in [4.78, 5) is 39.7. The molecule has 2 amide bonds. The van der Waals surface area contributed by atoms with Gasteiger partial charge >= 0.3 is 5.97 Å². The van der Waals surface area contributed by atoms with Crippen LogP contribution in [0.4, 0.5) is 0 Å². The van der Waals surface area contributed by atoms with Crippen LogP contribution in [0.5, 0.6) is 0 Å². The summed E-state index contributed by atoms with van der Waals surface area (Å²) in [7, 11) is 0. The van der Waals surface area contributed by atoms with Gasteiger partial charge in [0.2, 0.25) is 5.91 Å². The molecule has 3 rings (SSSR count). The molecule has 2 aliphatic heterocycles. The van der Waals surface area contributed by atoms with Crippen molar-refractivity contribution in [2.45, 2.75) is 39.7 Å². The van der Waals surface area contributed by atoms with E-state index in [1.54, 1.807) is 17.0 Å². The van der Waals surface area contributed by atoms with Gasteiger partial charge in [-0.3, -0.25) is 14.4 Å². The molecule has 1 aromatic rings. The molecule has 6 nitrogen and oxygen atoms in total. The molecule has 0 spiro atoms. The molecule has 2 saturated heterocycles. The number of carboxylic acids is 1. The summed E-state index contributed by atoms with van der Waals surface area (Å²) >= 11 is 0. The van der Waals surface area contributed by atoms with Gasteiger partial charge in [-0.15, -0.1) is 0 Å². The highest BCUT2D eigenvalue weighted by molar-refractivity contribution is 5.95. The molecule has 1 atom stereocenters. The Morgan fingerprint density at radius 1 is 1.19 bits per heavy atom. The number of nitrogens with zero attached hydrogens (tertiary/aromatic N) is 2. The van der Waals surface area contributed by atoms with Crippen LogP contribution in [0.15, 0.2) is 24.3 Å². The van der Waals surface area contributed by atoms with Crippen molar-refractivity contribution in [1.29, 1.82) is 0 Å². The number of carboxylic acid groups (broad SMARTS) is 1. The second-order valence-corrected chi connectivity index (χ2v) is 7.71. The van der Waals surface area contributed by atoms with E-state index in [4.69, 9.17) is 0 Å². The van der Waals surface area contributed by atoms with Gasteiger partial charge in [-0.2, -0.15) is 0 Å². The van der Waals surface area contributed by atoms with Gasteiger partial charge in [-0.1, -0.05) is 26.0 Å². The molecule has 2 heterocycles. The van der Waals surface area contributed by atoms with E-state index in [-0.39, 0.29) is 24.3 Å². The maximum Gasteiger partial charge on any atom is 0.311 e. The summed E-state index contributed by atoms with van der Waals surface area (Å²) in [6.07, 6.45) is 2.01. The lowest BCUT2D eigenvalue weighted by atomic mass is 9.76. The van der Waals surface area contributed by atoms with Crippen molar-refractivity contribution in [2.75, 3.05) is 19.6 Å². The smallest absolute Gasteiger partial charge is 0.311 e. The predicted octanol–water partition coefficient (Wildman–Crippen LogP) is 2.38. The molecule has 2 aliphatic rings. The number of hydrogen-bond acceptors (Lipinski definition) is 3. The number of carbonyl (C=O) groups is 3. The quantitative estimate of drug-likeness (QED) is 0.877. The van der Waals surface area contributed by atoms with Crippen LogP contribution in [-0.2, 0) is 16.1 Å². The van der Waals surface area contributed by atoms with Gasteiger partial charge in [-0.05, 0) is 36.5 Å². The summed E-state index contributed by atoms with van der Waals surface area (Å²) in [5.74, 6) is -0.801. The van der Waals surface area contributed by atoms with Crippen LogP contribution in [0.2, 0.25) is 0 Å². The molecule has 1 N–H and O–H groups in total. The Balaban J connectivity index is 1.67. The zero-order valence-corrected chi connectivity index (χ0v) is 15.4. The van der Waals surface area contributed by atoms with Crippen molar-refractivity contribution in [3.05, 3.63) is 35.4 Å². The first-order chi connectivity index (χ1) is 12.3. The Morgan fingerprint density at radius 3 is 2.38 bits per heavy atom. The van der Waals surface area contributed by atoms with Gasteiger partial charge in [0, 0.05) is 38.2 Å². The minimum atomic E-state index is -0.855. The zero-order chi connectivity index (χ0) is 18.9. The summed E-state index contributed by atoms with van der Waals surface area (Å²) in [5.41, 5.74) is 0.706. The number of carbonyl (C=O) groups excluding carboxylic acids is 2. The van der Waals surface area contributed by atoms with Crippen molar-refractivity contribution in [3.63, 3.8) is 0 Å². The van der Waals surface area contributed by atoms with Crippen molar-refractivity contribution >= 4 is 17.8 Å². The summed E-state index contributed by atoms with van der Waals surface area (Å²) in [5, 5.41) is 9.63. The van der Waals surface area contributed by atoms with Gasteiger partial charge in [0.1, 0.15) is 0 Å². The molecule has 26 heavy (non-hydrogen) atoms. The Labute approximate surface area is 153 Å². The minimum absolute atomic E-state index is 0.0295. The average molecular weight is 358 g/mol. The topological polar surface area (TPSA) is 77.9 Å². The molecule has 6 heteroatoms. The summed E-state index contributed by atoms with van der Waals surface area (Å²) in [6.45, 7) is 5.88. The molecule has 140 valence electrons. The third-order valence-corrected chi connectivity index (χ3v) is 5.86. The fraction of sp³-hybridized carbons (Fsp3) is 0.550. The van der Waals surface area contributed by atoms with Crippen molar-refractivity contribution < 1.29 is 19.5 Å². The highest BCUT2D eigenvalue weighted by Crippen LogP contribution is 2.38. The first-order valence-corrected chi connectivity index (χ1v) is 9.23. The number of aliphatic carboxylic acids is 1. The standard InChI is InChI=1S/C20H26N2O4/c1-14(2)20(19(25)26)9-11-22(13-20)18(24)16-7-5-15(6-8-16)12-21-10-3-4-17(21)23/h5-8,14H,3-4,9-13H2,1-2H3,(H,25,26). The van der Waals surface area contributed by atoms with Crippen molar-refractivity contribution in [2.24, 2.45) is 11.3 Å². The second kappa shape index (κ2) is 7.09. The molecular formula is C20H26N2O4. The van der Waals surface area contributed by atoms with Crippen LogP contribution in [-0.4, -0.2) is 52.3 Å². The van der Waals surface area contributed by atoms with Crippen molar-refractivity contribution in [1.82, 2.24) is 9.80 Å². The highest BCUT2D eigenvalue weighted by Gasteiger charge is 2.48. The van der Waals surface area contributed by atoms with E-state index >= 15 is 0 Å². The second-order valence-electron chi connectivity index (χ2n) is 7.71. The van der Waals surface area contributed by atoms with E-state index in [0.717, 1.165) is 18.5 Å². The van der Waals surface area contributed by atoms with Gasteiger partial charge in [0.05, 0.1) is 5.41 Å². The highest BCUT2D eigenvalue weighted by atomic mass is 16.4. The maximum absolute atomic E-state index is 12.8. The molecule has 1 unspecified atom stereocenters. The van der Waals surface area contributed by atoms with E-state index in [9.17, 15) is 19.5 Å². The van der Waals surface area contributed by atoms with Crippen molar-refractivity contribution in [3.8, 4) is 0 Å². The van der Waals surface area contributed by atoms with Gasteiger partial charge in [0.25, 0.3) is 5.91 Å². The third kappa shape index (κ3) is 3.32. The molecule has 2 fully saturated rings. The van der Waals surface area contributed by atoms with Crippen LogP contribution in [0.1, 0.15) is 49.0 Å². The van der Waals surface area contributed by atoms with Gasteiger partial charge < -0.3 is 14.9 Å². The van der Waals surface area contributed by atoms with E-state index in [1.807, 2.05) is 30.9 Å². The van der Waals surface area contributed by atoms with E-state index in [2.05, 4.69) is 0 Å². The predicted molar refractivity (Wildman–Crippen MR) is 96.5 cm³/mol. The Bertz CT molecular complexity index is 713. The molecule has 0 aromatic heterocycles. The van der Waals surface area contributed by atoms with E-state index in [0.29, 0.717) is 31.5 Å². The third-order valence-electron chi connectivity index (χ3n) is 5.86. The fourth-order valence-corrected chi connectivity index (χ4v) is 3.93. The monoisotopic (exact) mass is 358 g/mol. The van der Waals surface area contributed by atoms with Gasteiger partial charge in [-0.25, -0.2) is 0 Å². The average Bonchev–Trinajstić information content (AvgIpc) is 3.23. The number of amides is 2. The lowest BCUT2D eigenvalue weighted by molar-refractivity contribution is -0.150. The van der Waals surface area contributed by atoms with Crippen LogP contribution in [0.25, 0.3) is 0 Å². The van der Waals surface area contributed by atoms with E-state index in [1.165, 1.54) is 0 Å². The maximum atomic E-state index is 12.8. The normalized spacial score (nSPS) is 23.1. The minimum Gasteiger partial charge on any atom is -0.481 e. The number of hydrogen-bond donors (Lipinski definition) is 1. The van der Waals surface area contributed by atoms with Crippen LogP contribution in [0, 0.1) is 11.3 Å². The SMILES string of the molecule is CC(C)C1(C(=O)O)CCN(C(=O)c2ccc(CN3CCCC3=O)cc2)C1. The zero-order valence-electron chi connectivity index (χ0n) is 15.4. The molecule has 0 radical (unpaired) electrons. The molecule has 0 saturated carbocycles. The Kier molecular flexibility index (Phi) is 5.03. The number of likely N-dealkylation sites (tertiary alicyclic amines) is 2. The Morgan fingerprint density at radius 2 is 1.88 bits per heavy atom.